The van der Waals surface area contributed by atoms with Crippen molar-refractivity contribution in [2.24, 2.45) is 5.16 Å². The predicted molar refractivity (Wildman–Crippen MR) is 121 cm³/mol. The third-order valence-electron chi connectivity index (χ3n) is 3.83. The minimum Gasteiger partial charge on any atom is -0.455 e. The number of carbonyl (C=O) groups excluding carboxylic acids is 1. The van der Waals surface area contributed by atoms with E-state index in [4.69, 9.17) is 9.47 Å². The fourth-order valence-corrected chi connectivity index (χ4v) is 2.96. The van der Waals surface area contributed by atoms with Crippen molar-refractivity contribution in [1.82, 2.24) is 10.3 Å². The minimum atomic E-state index is -1.48. The van der Waals surface area contributed by atoms with Gasteiger partial charge < -0.3 is 19.6 Å². The van der Waals surface area contributed by atoms with Gasteiger partial charge in [0.25, 0.3) is 12.2 Å². The van der Waals surface area contributed by atoms with Gasteiger partial charge in [0.2, 0.25) is 0 Å². The highest BCUT2D eigenvalue weighted by Crippen LogP contribution is 2.21. The molecule has 1 aromatic heterocycles. The average molecular weight is 428 g/mol. The number of nitrogens with one attached hydrogen (secondary N) is 1. The monoisotopic (exact) mass is 427 g/mol. The molecule has 0 aliphatic carbocycles. The van der Waals surface area contributed by atoms with Crippen LogP contribution < -0.4 is 10.1 Å². The van der Waals surface area contributed by atoms with E-state index >= 15 is 0 Å². The number of benzene rings is 1. The standard InChI is InChI=1S/C22H29N3O4Si/c1-22(2,15-24-28-4)25-20(26)21(27-3)29-18-8-9-19-17(13-18)12-16(14-23-19)10-11-30(5,6)7/h8-9,12-15,21H,1-7H3,(H,25,26)/b24-15+. The highest BCUT2D eigenvalue weighted by molar-refractivity contribution is 6.83. The molecule has 1 amide bonds. The molecule has 30 heavy (non-hydrogen) atoms. The maximum Gasteiger partial charge on any atom is 0.290 e. The summed E-state index contributed by atoms with van der Waals surface area (Å²) in [5.74, 6) is 3.26. The van der Waals surface area contributed by atoms with Crippen LogP contribution in [0.2, 0.25) is 19.6 Å². The first kappa shape index (κ1) is 23.4. The Bertz CT molecular complexity index is 987. The van der Waals surface area contributed by atoms with Crippen LogP contribution in [-0.2, 0) is 14.4 Å². The molecule has 1 N–H and O–H groups in total. The molecule has 0 aliphatic rings. The topological polar surface area (TPSA) is 82.0 Å². The predicted octanol–water partition coefficient (Wildman–Crippen LogP) is 3.34. The summed E-state index contributed by atoms with van der Waals surface area (Å²) >= 11 is 0. The maximum atomic E-state index is 12.6. The van der Waals surface area contributed by atoms with Gasteiger partial charge in [0.05, 0.1) is 17.3 Å². The lowest BCUT2D eigenvalue weighted by molar-refractivity contribution is -0.149. The zero-order valence-electron chi connectivity index (χ0n) is 18.6. The third kappa shape index (κ3) is 7.17. The van der Waals surface area contributed by atoms with Crippen LogP contribution in [0.5, 0.6) is 5.75 Å². The molecule has 0 saturated carbocycles. The third-order valence-corrected chi connectivity index (χ3v) is 4.71. The van der Waals surface area contributed by atoms with Gasteiger partial charge in [-0.15, -0.1) is 5.54 Å². The molecular formula is C22H29N3O4Si. The van der Waals surface area contributed by atoms with E-state index in [2.05, 4.69) is 51.4 Å². The van der Waals surface area contributed by atoms with Crippen molar-refractivity contribution in [3.8, 4) is 17.2 Å². The number of rotatable bonds is 7. The largest absolute Gasteiger partial charge is 0.455 e. The van der Waals surface area contributed by atoms with E-state index in [0.717, 1.165) is 16.5 Å². The number of nitrogens with zero attached hydrogens (tertiary/aromatic N) is 2. The molecular weight excluding hydrogens is 398 g/mol. The van der Waals surface area contributed by atoms with E-state index in [9.17, 15) is 4.79 Å². The molecule has 2 aromatic rings. The average Bonchev–Trinajstić information content (AvgIpc) is 2.67. The normalized spacial score (nSPS) is 12.9. The number of methoxy groups -OCH3 is 1. The first-order valence-corrected chi connectivity index (χ1v) is 13.1. The van der Waals surface area contributed by atoms with Crippen molar-refractivity contribution in [2.45, 2.75) is 45.3 Å². The molecule has 0 bridgehead atoms. The van der Waals surface area contributed by atoms with E-state index in [1.807, 2.05) is 18.2 Å². The summed E-state index contributed by atoms with van der Waals surface area (Å²) in [6, 6.07) is 7.37. The molecule has 0 fully saturated rings. The van der Waals surface area contributed by atoms with Crippen LogP contribution in [0.4, 0.5) is 0 Å². The lowest BCUT2D eigenvalue weighted by Gasteiger charge is -2.24. The van der Waals surface area contributed by atoms with Gasteiger partial charge >= 0.3 is 0 Å². The van der Waals surface area contributed by atoms with Crippen molar-refractivity contribution < 1.29 is 19.1 Å². The first-order chi connectivity index (χ1) is 14.0. The van der Waals surface area contributed by atoms with Gasteiger partial charge in [-0.25, -0.2) is 0 Å². The summed E-state index contributed by atoms with van der Waals surface area (Å²) in [5, 5.41) is 7.37. The zero-order chi connectivity index (χ0) is 22.4. The summed E-state index contributed by atoms with van der Waals surface area (Å²) in [7, 11) is 1.37. The summed E-state index contributed by atoms with van der Waals surface area (Å²) in [6.07, 6.45) is 2.13. The number of aromatic nitrogens is 1. The first-order valence-electron chi connectivity index (χ1n) is 9.55. The van der Waals surface area contributed by atoms with E-state index < -0.39 is 25.8 Å². The second-order valence-corrected chi connectivity index (χ2v) is 13.1. The number of pyridine rings is 1. The fourth-order valence-electron chi connectivity index (χ4n) is 2.44. The molecule has 8 heteroatoms. The second kappa shape index (κ2) is 9.74. The zero-order valence-corrected chi connectivity index (χ0v) is 19.6. The number of amides is 1. The van der Waals surface area contributed by atoms with E-state index in [1.54, 1.807) is 26.1 Å². The van der Waals surface area contributed by atoms with Crippen LogP contribution in [0.15, 0.2) is 35.6 Å². The van der Waals surface area contributed by atoms with Crippen molar-refractivity contribution in [1.29, 1.82) is 0 Å². The molecule has 0 saturated heterocycles. The Morgan fingerprint density at radius 3 is 2.63 bits per heavy atom. The van der Waals surface area contributed by atoms with E-state index in [1.165, 1.54) is 20.4 Å². The summed E-state index contributed by atoms with van der Waals surface area (Å²) in [5.41, 5.74) is 4.27. The Hall–Kier alpha value is -2.89. The SMILES string of the molecule is CO/N=C/C(C)(C)NC(=O)C(OC)Oc1ccc2ncc(C#C[Si](C)(C)C)cc2c1. The Balaban J connectivity index is 2.20. The van der Waals surface area contributed by atoms with Gasteiger partial charge in [-0.1, -0.05) is 30.7 Å². The van der Waals surface area contributed by atoms with Gasteiger partial charge in [0.1, 0.15) is 20.9 Å². The van der Waals surface area contributed by atoms with Crippen LogP contribution in [0.25, 0.3) is 10.9 Å². The molecule has 0 aliphatic heterocycles. The lowest BCUT2D eigenvalue weighted by atomic mass is 10.1. The van der Waals surface area contributed by atoms with Crippen LogP contribution in [-0.4, -0.2) is 51.2 Å². The number of oxime groups is 1. The quantitative estimate of drug-likeness (QED) is 0.241. The minimum absolute atomic E-state index is 0.432. The smallest absolute Gasteiger partial charge is 0.290 e. The van der Waals surface area contributed by atoms with Gasteiger partial charge in [-0.2, -0.15) is 0 Å². The van der Waals surface area contributed by atoms with Crippen LogP contribution in [0.3, 0.4) is 0 Å². The summed E-state index contributed by atoms with van der Waals surface area (Å²) < 4.78 is 11.0. The molecule has 0 radical (unpaired) electrons. The van der Waals surface area contributed by atoms with Gasteiger partial charge in [-0.3, -0.25) is 9.78 Å². The van der Waals surface area contributed by atoms with Gasteiger partial charge in [0.15, 0.2) is 0 Å². The highest BCUT2D eigenvalue weighted by Gasteiger charge is 2.26. The molecule has 1 aromatic carbocycles. The summed E-state index contributed by atoms with van der Waals surface area (Å²) in [4.78, 5) is 21.7. The molecule has 1 unspecified atom stereocenters. The molecule has 160 valence electrons. The van der Waals surface area contributed by atoms with Gasteiger partial charge in [0, 0.05) is 24.3 Å². The second-order valence-electron chi connectivity index (χ2n) is 8.39. The van der Waals surface area contributed by atoms with E-state index in [0.29, 0.717) is 5.75 Å². The number of ether oxygens (including phenoxy) is 2. The Labute approximate surface area is 178 Å². The number of carbonyl (C=O) groups is 1. The highest BCUT2D eigenvalue weighted by atomic mass is 28.3. The lowest BCUT2D eigenvalue weighted by Crippen LogP contribution is -2.51. The molecule has 7 nitrogen and oxygen atoms in total. The van der Waals surface area contributed by atoms with Gasteiger partial charge in [-0.05, 0) is 38.1 Å². The number of fused-ring (bicyclic) bond motifs is 1. The van der Waals surface area contributed by atoms with Crippen molar-refractivity contribution in [2.75, 3.05) is 14.2 Å². The van der Waals surface area contributed by atoms with Crippen LogP contribution in [0, 0.1) is 11.5 Å². The molecule has 2 rings (SSSR count). The Kier molecular flexibility index (Phi) is 7.59. The molecule has 0 spiro atoms. The summed E-state index contributed by atoms with van der Waals surface area (Å²) in [6.45, 7) is 10.1. The Morgan fingerprint density at radius 1 is 1.27 bits per heavy atom. The van der Waals surface area contributed by atoms with Crippen molar-refractivity contribution in [3.05, 3.63) is 36.0 Å². The fraction of sp³-hybridized carbons (Fsp3) is 0.409. The van der Waals surface area contributed by atoms with Crippen LogP contribution >= 0.6 is 0 Å². The number of hydrogen-bond acceptors (Lipinski definition) is 6. The van der Waals surface area contributed by atoms with E-state index in [-0.39, 0.29) is 0 Å². The van der Waals surface area contributed by atoms with Crippen molar-refractivity contribution >= 4 is 31.1 Å². The number of hydrogen-bond donors (Lipinski definition) is 1. The Morgan fingerprint density at radius 2 is 2.00 bits per heavy atom. The van der Waals surface area contributed by atoms with Crippen molar-refractivity contribution in [3.63, 3.8) is 0 Å². The van der Waals surface area contributed by atoms with Crippen LogP contribution in [0.1, 0.15) is 19.4 Å². The maximum absolute atomic E-state index is 12.6. The molecule has 1 heterocycles. The molecule has 1 atom stereocenters.